The first-order chi connectivity index (χ1) is 7.09. The maximum absolute atomic E-state index is 6.08. The van der Waals surface area contributed by atoms with Crippen LogP contribution in [0.2, 0.25) is 5.02 Å². The fourth-order valence-corrected chi connectivity index (χ4v) is 2.56. The average molecular weight is 287 g/mol. The van der Waals surface area contributed by atoms with Gasteiger partial charge in [-0.3, -0.25) is 0 Å². The molecule has 1 aromatic carbocycles. The van der Waals surface area contributed by atoms with Crippen molar-refractivity contribution in [1.82, 2.24) is 0 Å². The van der Waals surface area contributed by atoms with E-state index in [4.69, 9.17) is 17.3 Å². The van der Waals surface area contributed by atoms with Crippen LogP contribution in [0.5, 0.6) is 0 Å². The van der Waals surface area contributed by atoms with Crippen LogP contribution in [0.25, 0.3) is 5.57 Å². The van der Waals surface area contributed by atoms with E-state index in [1.807, 2.05) is 12.1 Å². The van der Waals surface area contributed by atoms with E-state index in [0.29, 0.717) is 5.92 Å². The van der Waals surface area contributed by atoms with Gasteiger partial charge in [-0.05, 0) is 52.4 Å². The molecule has 3 heteroatoms. The van der Waals surface area contributed by atoms with E-state index in [9.17, 15) is 0 Å². The van der Waals surface area contributed by atoms with Crippen LogP contribution in [0.1, 0.15) is 25.3 Å². The molecule has 1 atom stereocenters. The van der Waals surface area contributed by atoms with E-state index in [-0.39, 0.29) is 0 Å². The summed E-state index contributed by atoms with van der Waals surface area (Å²) in [5.41, 5.74) is 9.23. The number of halogens is 2. The van der Waals surface area contributed by atoms with Crippen LogP contribution in [-0.2, 0) is 0 Å². The van der Waals surface area contributed by atoms with Gasteiger partial charge in [-0.25, -0.2) is 0 Å². The maximum Gasteiger partial charge on any atom is 0.0555 e. The summed E-state index contributed by atoms with van der Waals surface area (Å²) in [6, 6.07) is 3.83. The SMILES string of the molecule is CC1CCC=C1c1cc(Cl)c(Br)cc1N. The molecule has 0 fully saturated rings. The fraction of sp³-hybridized carbons (Fsp3) is 0.333. The Morgan fingerprint density at radius 3 is 2.80 bits per heavy atom. The molecule has 0 spiro atoms. The number of hydrogen-bond acceptors (Lipinski definition) is 1. The number of hydrogen-bond donors (Lipinski definition) is 1. The third-order valence-corrected chi connectivity index (χ3v) is 4.10. The van der Waals surface area contributed by atoms with E-state index in [2.05, 4.69) is 28.9 Å². The molecule has 2 rings (SSSR count). The van der Waals surface area contributed by atoms with E-state index in [1.54, 1.807) is 0 Å². The minimum Gasteiger partial charge on any atom is -0.398 e. The predicted molar refractivity (Wildman–Crippen MR) is 69.9 cm³/mol. The third-order valence-electron chi connectivity index (χ3n) is 2.90. The van der Waals surface area contributed by atoms with Crippen molar-refractivity contribution in [2.45, 2.75) is 19.8 Å². The second-order valence-electron chi connectivity index (χ2n) is 3.99. The van der Waals surface area contributed by atoms with Gasteiger partial charge < -0.3 is 5.73 Å². The third kappa shape index (κ3) is 2.06. The van der Waals surface area contributed by atoms with Gasteiger partial charge in [0.2, 0.25) is 0 Å². The van der Waals surface area contributed by atoms with E-state index < -0.39 is 0 Å². The first kappa shape index (κ1) is 11.0. The Morgan fingerprint density at radius 1 is 1.47 bits per heavy atom. The molecule has 0 aliphatic heterocycles. The van der Waals surface area contributed by atoms with Crippen molar-refractivity contribution in [3.8, 4) is 0 Å². The molecule has 1 aromatic rings. The normalized spacial score (nSPS) is 20.5. The highest BCUT2D eigenvalue weighted by Crippen LogP contribution is 2.39. The first-order valence-corrected chi connectivity index (χ1v) is 6.21. The molecule has 0 amide bonds. The van der Waals surface area contributed by atoms with Gasteiger partial charge in [-0.2, -0.15) is 0 Å². The standard InChI is InChI=1S/C12H13BrClN/c1-7-3-2-4-8(7)9-5-11(14)10(13)6-12(9)15/h4-7H,2-3,15H2,1H3. The highest BCUT2D eigenvalue weighted by atomic mass is 79.9. The largest absolute Gasteiger partial charge is 0.398 e. The van der Waals surface area contributed by atoms with Crippen molar-refractivity contribution in [2.75, 3.05) is 5.73 Å². The summed E-state index contributed by atoms with van der Waals surface area (Å²) < 4.78 is 0.858. The molecular formula is C12H13BrClN. The second kappa shape index (κ2) is 4.18. The van der Waals surface area contributed by atoms with Crippen molar-refractivity contribution < 1.29 is 0 Å². The molecule has 1 aliphatic rings. The van der Waals surface area contributed by atoms with Crippen LogP contribution in [0, 0.1) is 5.92 Å². The smallest absolute Gasteiger partial charge is 0.0555 e. The minimum absolute atomic E-state index is 0.588. The number of nitrogen functional groups attached to an aromatic ring is 1. The summed E-state index contributed by atoms with van der Waals surface area (Å²) in [5.74, 6) is 0.588. The molecule has 1 unspecified atom stereocenters. The molecule has 0 aromatic heterocycles. The molecule has 1 aliphatic carbocycles. The summed E-state index contributed by atoms with van der Waals surface area (Å²) in [7, 11) is 0. The fourth-order valence-electron chi connectivity index (χ4n) is 2.03. The summed E-state index contributed by atoms with van der Waals surface area (Å²) >= 11 is 9.45. The zero-order chi connectivity index (χ0) is 11.0. The van der Waals surface area contributed by atoms with E-state index >= 15 is 0 Å². The Hall–Kier alpha value is -0.470. The molecule has 2 N–H and O–H groups in total. The number of benzene rings is 1. The molecule has 0 saturated heterocycles. The summed E-state index contributed by atoms with van der Waals surface area (Å²) in [6.45, 7) is 2.23. The highest BCUT2D eigenvalue weighted by Gasteiger charge is 2.18. The van der Waals surface area contributed by atoms with E-state index in [0.717, 1.165) is 27.2 Å². The first-order valence-electron chi connectivity index (χ1n) is 5.04. The molecule has 0 heterocycles. The van der Waals surface area contributed by atoms with Gasteiger partial charge in [0, 0.05) is 15.7 Å². The van der Waals surface area contributed by atoms with Gasteiger partial charge in [0.1, 0.15) is 0 Å². The number of nitrogens with two attached hydrogens (primary N) is 1. The predicted octanol–water partition coefficient (Wildman–Crippen LogP) is 4.50. The monoisotopic (exact) mass is 285 g/mol. The van der Waals surface area contributed by atoms with Crippen LogP contribution in [0.15, 0.2) is 22.7 Å². The van der Waals surface area contributed by atoms with Crippen LogP contribution < -0.4 is 5.73 Å². The van der Waals surface area contributed by atoms with Crippen LogP contribution in [0.3, 0.4) is 0 Å². The molecule has 80 valence electrons. The summed E-state index contributed by atoms with van der Waals surface area (Å²) in [5, 5.41) is 0.721. The lowest BCUT2D eigenvalue weighted by molar-refractivity contribution is 0.715. The average Bonchev–Trinajstić information content (AvgIpc) is 2.58. The zero-order valence-corrected chi connectivity index (χ0v) is 10.9. The van der Waals surface area contributed by atoms with Crippen LogP contribution in [0.4, 0.5) is 5.69 Å². The Morgan fingerprint density at radius 2 is 2.20 bits per heavy atom. The lowest BCUT2D eigenvalue weighted by Gasteiger charge is -2.13. The van der Waals surface area contributed by atoms with E-state index in [1.165, 1.54) is 12.0 Å². The molecule has 0 saturated carbocycles. The van der Waals surface area contributed by atoms with Crippen LogP contribution in [-0.4, -0.2) is 0 Å². The second-order valence-corrected chi connectivity index (χ2v) is 5.25. The van der Waals surface area contributed by atoms with Gasteiger partial charge in [-0.15, -0.1) is 0 Å². The summed E-state index contributed by atoms with van der Waals surface area (Å²) in [4.78, 5) is 0. The number of allylic oxidation sites excluding steroid dienone is 2. The summed E-state index contributed by atoms with van der Waals surface area (Å²) in [6.07, 6.45) is 4.62. The van der Waals surface area contributed by atoms with Crippen molar-refractivity contribution in [1.29, 1.82) is 0 Å². The van der Waals surface area contributed by atoms with Gasteiger partial charge in [0.15, 0.2) is 0 Å². The van der Waals surface area contributed by atoms with Gasteiger partial charge in [0.05, 0.1) is 5.02 Å². The Labute approximate surface area is 103 Å². The lowest BCUT2D eigenvalue weighted by atomic mass is 9.95. The quantitative estimate of drug-likeness (QED) is 0.756. The van der Waals surface area contributed by atoms with Crippen molar-refractivity contribution in [3.05, 3.63) is 33.3 Å². The molecule has 0 radical (unpaired) electrons. The van der Waals surface area contributed by atoms with Gasteiger partial charge in [-0.1, -0.05) is 24.6 Å². The Balaban J connectivity index is 2.49. The van der Waals surface area contributed by atoms with Gasteiger partial charge in [0.25, 0.3) is 0 Å². The maximum atomic E-state index is 6.08. The Bertz CT molecular complexity index is 426. The van der Waals surface area contributed by atoms with Crippen molar-refractivity contribution >= 4 is 38.8 Å². The van der Waals surface area contributed by atoms with Crippen LogP contribution >= 0.6 is 27.5 Å². The zero-order valence-electron chi connectivity index (χ0n) is 8.56. The molecule has 15 heavy (non-hydrogen) atoms. The molecular weight excluding hydrogens is 273 g/mol. The van der Waals surface area contributed by atoms with Crippen molar-refractivity contribution in [2.24, 2.45) is 5.92 Å². The highest BCUT2D eigenvalue weighted by molar-refractivity contribution is 9.10. The molecule has 0 bridgehead atoms. The van der Waals surface area contributed by atoms with Gasteiger partial charge >= 0.3 is 0 Å². The number of rotatable bonds is 1. The van der Waals surface area contributed by atoms with Crippen molar-refractivity contribution in [3.63, 3.8) is 0 Å². The Kier molecular flexibility index (Phi) is 3.08. The molecule has 1 nitrogen and oxygen atoms in total. The minimum atomic E-state index is 0.588. The number of anilines is 1. The topological polar surface area (TPSA) is 26.0 Å². The lowest BCUT2D eigenvalue weighted by Crippen LogP contribution is -1.98.